The van der Waals surface area contributed by atoms with E-state index < -0.39 is 0 Å². The van der Waals surface area contributed by atoms with E-state index in [1.807, 2.05) is 0 Å². The number of aromatic nitrogens is 4. The number of para-hydroxylation sites is 8. The van der Waals surface area contributed by atoms with Crippen LogP contribution < -0.4 is 0 Å². The number of fused-ring (bicyclic) bond motifs is 12. The summed E-state index contributed by atoms with van der Waals surface area (Å²) in [7, 11) is 0. The van der Waals surface area contributed by atoms with Gasteiger partial charge >= 0.3 is 0 Å². The highest BCUT2D eigenvalue weighted by Crippen LogP contribution is 2.52. The van der Waals surface area contributed by atoms with Crippen molar-refractivity contribution in [1.29, 1.82) is 10.5 Å². The second-order valence-corrected chi connectivity index (χ2v) is 25.8. The maximum Gasteiger partial charge on any atom is 0.100 e. The molecule has 17 aromatic rings. The van der Waals surface area contributed by atoms with Gasteiger partial charge in [-0.05, 0) is 219 Å². The van der Waals surface area contributed by atoms with Crippen molar-refractivity contribution in [1.82, 2.24) is 18.3 Å². The summed E-state index contributed by atoms with van der Waals surface area (Å²) in [5.74, 6) is 0. The van der Waals surface area contributed by atoms with Crippen LogP contribution in [0.3, 0.4) is 0 Å². The topological polar surface area (TPSA) is 67.3 Å². The van der Waals surface area contributed by atoms with Crippen molar-refractivity contribution in [2.45, 2.75) is 55.4 Å². The molecule has 0 unspecified atom stereocenters. The fourth-order valence-electron chi connectivity index (χ4n) is 16.6. The number of hydrogen-bond donors (Lipinski definition) is 0. The molecule has 0 aliphatic heterocycles. The first-order valence-corrected chi connectivity index (χ1v) is 32.4. The third-order valence-corrected chi connectivity index (χ3v) is 20.1. The van der Waals surface area contributed by atoms with E-state index >= 15 is 0 Å². The molecule has 446 valence electrons. The molecule has 0 aliphatic carbocycles. The summed E-state index contributed by atoms with van der Waals surface area (Å²) in [4.78, 5) is 0. The van der Waals surface area contributed by atoms with Crippen molar-refractivity contribution in [3.63, 3.8) is 0 Å². The molecule has 0 atom stereocenters. The molecule has 0 spiro atoms. The zero-order valence-corrected chi connectivity index (χ0v) is 53.8. The van der Waals surface area contributed by atoms with Gasteiger partial charge in [0.05, 0.1) is 78.0 Å². The molecule has 4 heterocycles. The first-order chi connectivity index (χ1) is 45.9. The average Bonchev–Trinajstić information content (AvgIpc) is 0.803. The zero-order chi connectivity index (χ0) is 63.9. The van der Waals surface area contributed by atoms with Gasteiger partial charge in [0, 0.05) is 65.3 Å². The highest BCUT2D eigenvalue weighted by molar-refractivity contribution is 6.14. The molecule has 17 rings (SSSR count). The minimum Gasteiger partial charge on any atom is -0.309 e. The highest BCUT2D eigenvalue weighted by Gasteiger charge is 2.32. The van der Waals surface area contributed by atoms with Gasteiger partial charge in [0.15, 0.2) is 0 Å². The van der Waals surface area contributed by atoms with Crippen molar-refractivity contribution >= 4 is 87.2 Å². The normalized spacial score (nSPS) is 11.8. The van der Waals surface area contributed by atoms with Gasteiger partial charge in [0.1, 0.15) is 12.1 Å². The third kappa shape index (κ3) is 8.13. The third-order valence-electron chi connectivity index (χ3n) is 20.1. The van der Waals surface area contributed by atoms with E-state index in [1.54, 1.807) is 0 Å². The van der Waals surface area contributed by atoms with Gasteiger partial charge in [0.2, 0.25) is 0 Å². The Hall–Kier alpha value is -12.0. The van der Waals surface area contributed by atoms with Gasteiger partial charge in [0.25, 0.3) is 0 Å². The largest absolute Gasteiger partial charge is 0.309 e. The number of benzene rings is 13. The Morgan fingerprint density at radius 3 is 0.489 bits per heavy atom. The number of nitrogens with zero attached hydrogens (tertiary/aromatic N) is 6. The van der Waals surface area contributed by atoms with Crippen LogP contribution in [-0.4, -0.2) is 18.3 Å². The lowest BCUT2D eigenvalue weighted by molar-refractivity contribution is 1.12. The van der Waals surface area contributed by atoms with Crippen LogP contribution in [0.5, 0.6) is 0 Å². The van der Waals surface area contributed by atoms with Gasteiger partial charge in [-0.2, -0.15) is 10.5 Å². The smallest absolute Gasteiger partial charge is 0.100 e. The molecule has 0 aliphatic rings. The summed E-state index contributed by atoms with van der Waals surface area (Å²) in [5, 5.41) is 34.9. The van der Waals surface area contributed by atoms with Crippen molar-refractivity contribution < 1.29 is 0 Å². The lowest BCUT2D eigenvalue weighted by atomic mass is 9.76. The molecule has 4 aromatic heterocycles. The van der Waals surface area contributed by atoms with Crippen molar-refractivity contribution in [2.24, 2.45) is 0 Å². The van der Waals surface area contributed by atoms with Crippen LogP contribution >= 0.6 is 0 Å². The first kappa shape index (κ1) is 56.1. The summed E-state index contributed by atoms with van der Waals surface area (Å²) in [6.07, 6.45) is 0. The number of hydrogen-bond acceptors (Lipinski definition) is 2. The molecule has 0 amide bonds. The lowest BCUT2D eigenvalue weighted by Crippen LogP contribution is -2.07. The molecule has 94 heavy (non-hydrogen) atoms. The Kier molecular flexibility index (Phi) is 12.7. The molecule has 0 bridgehead atoms. The molecule has 0 saturated carbocycles. The van der Waals surface area contributed by atoms with Gasteiger partial charge in [-0.1, -0.05) is 146 Å². The van der Waals surface area contributed by atoms with Gasteiger partial charge in [-0.25, -0.2) is 0 Å². The summed E-state index contributed by atoms with van der Waals surface area (Å²) in [5.41, 5.74) is 29.0. The monoisotopic (exact) mass is 1200 g/mol. The SMILES string of the molecule is Cc1cc(-c2c(C#N)c(-c3cc(C)c(-n4c5ccccc5c5ccccc54)c(C)c3)c(-c3cc(C)c(-n4c5ccccc5c5ccccc54)c(C)c3)c(C#N)c2-c2cc(C)c(-n3c4ccccc4c4ccccc43)c(C)c2)cc(C)c1-n1c2ccccc2c2ccccc21. The molecule has 6 nitrogen and oxygen atoms in total. The summed E-state index contributed by atoms with van der Waals surface area (Å²) in [6, 6.07) is 93.2. The van der Waals surface area contributed by atoms with E-state index in [2.05, 4.69) is 328 Å². The fraction of sp³-hybridized carbons (Fsp3) is 0.0909. The van der Waals surface area contributed by atoms with Crippen LogP contribution in [0.2, 0.25) is 0 Å². The number of aryl methyl sites for hydroxylation is 8. The van der Waals surface area contributed by atoms with E-state index in [0.717, 1.165) is 156 Å². The Morgan fingerprint density at radius 1 is 0.213 bits per heavy atom. The minimum atomic E-state index is 0.499. The summed E-state index contributed by atoms with van der Waals surface area (Å²) >= 11 is 0. The Labute approximate surface area is 545 Å². The Morgan fingerprint density at radius 2 is 0.351 bits per heavy atom. The van der Waals surface area contributed by atoms with Crippen LogP contribution in [0, 0.1) is 78.1 Å². The van der Waals surface area contributed by atoms with Crippen LogP contribution in [0.25, 0.3) is 154 Å². The molecule has 0 saturated heterocycles. The van der Waals surface area contributed by atoms with Crippen molar-refractivity contribution in [3.8, 4) is 79.4 Å². The maximum absolute atomic E-state index is 12.7. The van der Waals surface area contributed by atoms with E-state index in [9.17, 15) is 10.5 Å². The van der Waals surface area contributed by atoms with E-state index in [4.69, 9.17) is 0 Å². The second kappa shape index (κ2) is 21.3. The predicted octanol–water partition coefficient (Wildman–Crippen LogP) is 23.0. The quantitative estimate of drug-likeness (QED) is 0.152. The van der Waals surface area contributed by atoms with Crippen LogP contribution in [0.1, 0.15) is 55.6 Å². The molecule has 13 aromatic carbocycles. The molecule has 0 radical (unpaired) electrons. The molecular weight excluding hydrogens is 1140 g/mol. The second-order valence-electron chi connectivity index (χ2n) is 25.8. The molecule has 0 N–H and O–H groups in total. The van der Waals surface area contributed by atoms with Crippen molar-refractivity contribution in [3.05, 3.63) is 298 Å². The molecule has 6 heteroatoms. The van der Waals surface area contributed by atoms with Gasteiger partial charge in [-0.15, -0.1) is 0 Å². The first-order valence-electron chi connectivity index (χ1n) is 32.4. The highest BCUT2D eigenvalue weighted by atomic mass is 15.0. The zero-order valence-electron chi connectivity index (χ0n) is 53.8. The standard InChI is InChI=1S/C88H64N6/c1-51-41-59(42-52(2)85(51)91-73-33-17-9-25-63(73)64-26-10-18-34-74(64)91)81-71(49-89)83(61-45-55(5)87(56(6)46-61)93-77-37-21-13-29-67(77)68-30-14-22-38-78(68)93)84(62-47-57(7)88(58(8)48-62)94-79-39-23-15-31-69(79)70-32-16-24-40-80(70)94)72(50-90)82(81)60-43-53(3)86(54(4)44-60)92-75-35-19-11-27-65(75)66-28-12-20-36-76(66)92/h9-48H,1-8H3. The Bertz CT molecular complexity index is 5180. The predicted molar refractivity (Wildman–Crippen MR) is 393 cm³/mol. The number of nitriles is 2. The van der Waals surface area contributed by atoms with Crippen LogP contribution in [0.15, 0.2) is 243 Å². The fourth-order valence-corrected chi connectivity index (χ4v) is 16.6. The van der Waals surface area contributed by atoms with Gasteiger partial charge in [-0.3, -0.25) is 0 Å². The minimum absolute atomic E-state index is 0.499. The Balaban J connectivity index is 0.995. The maximum atomic E-state index is 12.7. The summed E-state index contributed by atoms with van der Waals surface area (Å²) < 4.78 is 9.61. The molecule has 0 fully saturated rings. The van der Waals surface area contributed by atoms with E-state index in [-0.39, 0.29) is 0 Å². The number of rotatable bonds is 8. The van der Waals surface area contributed by atoms with Crippen molar-refractivity contribution in [2.75, 3.05) is 0 Å². The van der Waals surface area contributed by atoms with Gasteiger partial charge < -0.3 is 18.3 Å². The lowest BCUT2D eigenvalue weighted by Gasteiger charge is -2.26. The van der Waals surface area contributed by atoms with E-state index in [0.29, 0.717) is 11.1 Å². The molecular formula is C88H64N6. The average molecular weight is 1210 g/mol. The summed E-state index contributed by atoms with van der Waals surface area (Å²) in [6.45, 7) is 17.6. The van der Waals surface area contributed by atoms with E-state index in [1.165, 1.54) is 43.1 Å². The van der Waals surface area contributed by atoms with Crippen LogP contribution in [-0.2, 0) is 0 Å². The van der Waals surface area contributed by atoms with Crippen LogP contribution in [0.4, 0.5) is 0 Å².